The Kier molecular flexibility index (Phi) is 8.24. The Hall–Kier alpha value is -6.10. The summed E-state index contributed by atoms with van der Waals surface area (Å²) >= 11 is 0. The highest BCUT2D eigenvalue weighted by molar-refractivity contribution is 6.25. The molecule has 2 aliphatic heterocycles. The molecular formula is C37H31N5O6. The minimum atomic E-state index is -1.03. The average Bonchev–Trinajstić information content (AvgIpc) is 3.64. The summed E-state index contributed by atoms with van der Waals surface area (Å²) in [6, 6.07) is 24.6. The molecule has 1 saturated heterocycles. The predicted octanol–water partition coefficient (Wildman–Crippen LogP) is 4.68. The molecular weight excluding hydrogens is 610 g/mol. The van der Waals surface area contributed by atoms with E-state index in [4.69, 9.17) is 4.42 Å². The number of pyridine rings is 1. The number of carbonyl (C=O) groups is 5. The van der Waals surface area contributed by atoms with Gasteiger partial charge in [0.1, 0.15) is 23.4 Å². The molecule has 0 bridgehead atoms. The number of furan rings is 1. The Labute approximate surface area is 275 Å². The Balaban J connectivity index is 1.01. The van der Waals surface area contributed by atoms with Crippen molar-refractivity contribution >= 4 is 46.2 Å². The lowest BCUT2D eigenvalue weighted by Gasteiger charge is -2.27. The second-order valence-electron chi connectivity index (χ2n) is 11.8. The van der Waals surface area contributed by atoms with Crippen LogP contribution in [0.3, 0.4) is 0 Å². The first kappa shape index (κ1) is 30.5. The number of hydrogen-bond acceptors (Lipinski definition) is 8. The minimum Gasteiger partial charge on any atom is -0.459 e. The SMILES string of the molecule is O=C1CCC(N2C(=O)c3cccc(NCc4cccc(CCC(=O)NC(c5cccnc5)c5cc6ccccc6o5)c4)c3C2=O)C(=O)N1. The fourth-order valence-corrected chi connectivity index (χ4v) is 6.26. The van der Waals surface area contributed by atoms with Gasteiger partial charge in [0.2, 0.25) is 17.7 Å². The Morgan fingerprint density at radius 3 is 2.58 bits per heavy atom. The van der Waals surface area contributed by atoms with Crippen LogP contribution in [-0.2, 0) is 27.3 Å². The largest absolute Gasteiger partial charge is 0.459 e. The van der Waals surface area contributed by atoms with E-state index in [1.54, 1.807) is 30.6 Å². The van der Waals surface area contributed by atoms with Crippen LogP contribution in [0.1, 0.15) is 68.5 Å². The number of aromatic nitrogens is 1. The van der Waals surface area contributed by atoms with E-state index >= 15 is 0 Å². The Morgan fingerprint density at radius 2 is 1.77 bits per heavy atom. The van der Waals surface area contributed by atoms with Crippen LogP contribution in [0.4, 0.5) is 5.69 Å². The lowest BCUT2D eigenvalue weighted by Crippen LogP contribution is -2.54. The van der Waals surface area contributed by atoms with Crippen LogP contribution in [0.15, 0.2) is 102 Å². The molecule has 0 saturated carbocycles. The molecule has 11 heteroatoms. The molecule has 7 rings (SSSR count). The summed E-state index contributed by atoms with van der Waals surface area (Å²) in [4.78, 5) is 69.1. The Morgan fingerprint density at radius 1 is 0.938 bits per heavy atom. The number of amides is 5. The maximum atomic E-state index is 13.4. The van der Waals surface area contributed by atoms with Gasteiger partial charge >= 0.3 is 0 Å². The zero-order valence-electron chi connectivity index (χ0n) is 25.8. The van der Waals surface area contributed by atoms with Gasteiger partial charge in [-0.25, -0.2) is 0 Å². The van der Waals surface area contributed by atoms with Gasteiger partial charge in [-0.1, -0.05) is 54.6 Å². The first-order chi connectivity index (χ1) is 23.4. The standard InChI is InChI=1S/C37H31N5O6/c43-31(40-34(25-9-5-17-38-21-25)30-19-24-8-1-2-12-29(24)48-30)15-13-22-6-3-7-23(18-22)20-39-27-11-4-10-26-33(27)37(47)42(36(26)46)28-14-16-32(44)41-35(28)45/h1-12,17-19,21,28,34,39H,13-16,20H2,(H,40,43)(H,41,44,45). The van der Waals surface area contributed by atoms with Crippen molar-refractivity contribution in [1.29, 1.82) is 0 Å². The quantitative estimate of drug-likeness (QED) is 0.186. The molecule has 2 aliphatic rings. The Bertz CT molecular complexity index is 2040. The first-order valence-corrected chi connectivity index (χ1v) is 15.7. The van der Waals surface area contributed by atoms with Gasteiger partial charge in [-0.05, 0) is 54.3 Å². The number of piperidine rings is 1. The molecule has 3 N–H and O–H groups in total. The summed E-state index contributed by atoms with van der Waals surface area (Å²) in [5, 5.41) is 9.55. The number of nitrogens with zero attached hydrogens (tertiary/aromatic N) is 2. The number of para-hydroxylation sites is 1. The van der Waals surface area contributed by atoms with E-state index in [9.17, 15) is 24.0 Å². The van der Waals surface area contributed by atoms with Gasteiger partial charge in [0.25, 0.3) is 11.8 Å². The number of anilines is 1. The van der Waals surface area contributed by atoms with Gasteiger partial charge < -0.3 is 15.1 Å². The molecule has 5 amide bonds. The summed E-state index contributed by atoms with van der Waals surface area (Å²) < 4.78 is 6.09. The number of aryl methyl sites for hydroxylation is 1. The second-order valence-corrected chi connectivity index (χ2v) is 11.8. The van der Waals surface area contributed by atoms with Gasteiger partial charge in [-0.2, -0.15) is 0 Å². The molecule has 3 aromatic carbocycles. The fraction of sp³-hybridized carbons (Fsp3) is 0.189. The third kappa shape index (κ3) is 6.05. The molecule has 11 nitrogen and oxygen atoms in total. The summed E-state index contributed by atoms with van der Waals surface area (Å²) in [6.45, 7) is 0.353. The molecule has 5 aromatic rings. The van der Waals surface area contributed by atoms with E-state index in [-0.39, 0.29) is 36.3 Å². The van der Waals surface area contributed by atoms with Gasteiger partial charge in [0.15, 0.2) is 0 Å². The highest BCUT2D eigenvalue weighted by Crippen LogP contribution is 2.33. The van der Waals surface area contributed by atoms with Gasteiger partial charge in [0, 0.05) is 48.4 Å². The van der Waals surface area contributed by atoms with Crippen molar-refractivity contribution in [2.45, 2.75) is 44.3 Å². The zero-order valence-corrected chi connectivity index (χ0v) is 25.8. The van der Waals surface area contributed by atoms with Crippen molar-refractivity contribution in [3.05, 3.63) is 131 Å². The fourth-order valence-electron chi connectivity index (χ4n) is 6.26. The molecule has 240 valence electrons. The van der Waals surface area contributed by atoms with E-state index in [0.29, 0.717) is 24.4 Å². The number of imide groups is 2. The summed E-state index contributed by atoms with van der Waals surface area (Å²) in [5.41, 5.74) is 4.31. The van der Waals surface area contributed by atoms with Crippen LogP contribution < -0.4 is 16.0 Å². The lowest BCUT2D eigenvalue weighted by molar-refractivity contribution is -0.136. The summed E-state index contributed by atoms with van der Waals surface area (Å²) in [6.07, 6.45) is 4.28. The molecule has 0 radical (unpaired) electrons. The third-order valence-corrected chi connectivity index (χ3v) is 8.64. The molecule has 1 fully saturated rings. The van der Waals surface area contributed by atoms with Gasteiger partial charge in [-0.3, -0.25) is 39.2 Å². The molecule has 2 atom stereocenters. The maximum Gasteiger partial charge on any atom is 0.264 e. The summed E-state index contributed by atoms with van der Waals surface area (Å²) in [5.74, 6) is -1.72. The van der Waals surface area contributed by atoms with Gasteiger partial charge in [0.05, 0.1) is 11.1 Å². The minimum absolute atomic E-state index is 0.0549. The van der Waals surface area contributed by atoms with E-state index in [1.165, 1.54) is 0 Å². The normalized spacial score (nSPS) is 16.5. The van der Waals surface area contributed by atoms with E-state index < -0.39 is 35.7 Å². The highest BCUT2D eigenvalue weighted by Gasteiger charge is 2.45. The van der Waals surface area contributed by atoms with Crippen LogP contribution in [0.2, 0.25) is 0 Å². The molecule has 4 heterocycles. The van der Waals surface area contributed by atoms with Crippen LogP contribution in [-0.4, -0.2) is 45.5 Å². The van der Waals surface area contributed by atoms with Crippen molar-refractivity contribution in [3.8, 4) is 0 Å². The molecule has 0 spiro atoms. The molecule has 2 unspecified atom stereocenters. The highest BCUT2D eigenvalue weighted by atomic mass is 16.3. The predicted molar refractivity (Wildman–Crippen MR) is 176 cm³/mol. The smallest absolute Gasteiger partial charge is 0.264 e. The van der Waals surface area contributed by atoms with Crippen molar-refractivity contribution in [3.63, 3.8) is 0 Å². The second kappa shape index (κ2) is 13.0. The molecule has 48 heavy (non-hydrogen) atoms. The van der Waals surface area contributed by atoms with Crippen molar-refractivity contribution in [2.24, 2.45) is 0 Å². The molecule has 2 aromatic heterocycles. The maximum absolute atomic E-state index is 13.4. The van der Waals surface area contributed by atoms with Crippen molar-refractivity contribution in [1.82, 2.24) is 20.5 Å². The van der Waals surface area contributed by atoms with Crippen molar-refractivity contribution < 1.29 is 28.4 Å². The van der Waals surface area contributed by atoms with E-state index in [0.717, 1.165) is 32.6 Å². The first-order valence-electron chi connectivity index (χ1n) is 15.7. The van der Waals surface area contributed by atoms with Crippen LogP contribution >= 0.6 is 0 Å². The van der Waals surface area contributed by atoms with Gasteiger partial charge in [-0.15, -0.1) is 0 Å². The number of hydrogen-bond donors (Lipinski definition) is 3. The zero-order chi connectivity index (χ0) is 33.2. The van der Waals surface area contributed by atoms with Crippen LogP contribution in [0.25, 0.3) is 11.0 Å². The van der Waals surface area contributed by atoms with Crippen molar-refractivity contribution in [2.75, 3.05) is 5.32 Å². The van der Waals surface area contributed by atoms with E-state index in [2.05, 4.69) is 20.9 Å². The third-order valence-electron chi connectivity index (χ3n) is 8.64. The number of rotatable bonds is 10. The number of carbonyl (C=O) groups excluding carboxylic acids is 5. The molecule has 0 aliphatic carbocycles. The topological polar surface area (TPSA) is 151 Å². The monoisotopic (exact) mass is 641 g/mol. The van der Waals surface area contributed by atoms with E-state index in [1.807, 2.05) is 66.7 Å². The average molecular weight is 642 g/mol. The van der Waals surface area contributed by atoms with Crippen LogP contribution in [0, 0.1) is 0 Å². The lowest BCUT2D eigenvalue weighted by atomic mass is 10.0. The number of nitrogens with one attached hydrogen (secondary N) is 3. The number of benzene rings is 3. The van der Waals surface area contributed by atoms with Crippen LogP contribution in [0.5, 0.6) is 0 Å². The number of fused-ring (bicyclic) bond motifs is 2. The summed E-state index contributed by atoms with van der Waals surface area (Å²) in [7, 11) is 0.